The second kappa shape index (κ2) is 3.26. The van der Waals surface area contributed by atoms with Crippen molar-refractivity contribution in [3.05, 3.63) is 22.4 Å². The van der Waals surface area contributed by atoms with E-state index in [1.165, 1.54) is 19.1 Å². The highest BCUT2D eigenvalue weighted by molar-refractivity contribution is 9.10. The second-order valence-corrected chi connectivity index (χ2v) is 5.27. The number of Topliss-reactive ketones (excluding diaryl/α,β-unsaturated/α-hetero) is 1. The van der Waals surface area contributed by atoms with Gasteiger partial charge in [0.1, 0.15) is 10.3 Å². The van der Waals surface area contributed by atoms with E-state index in [1.54, 1.807) is 0 Å². The first-order valence-electron chi connectivity index (χ1n) is 3.43. The van der Waals surface area contributed by atoms with Gasteiger partial charge in [-0.25, -0.2) is 12.4 Å². The topological polar surface area (TPSA) is 56.1 Å². The SMILES string of the molecule is CC(=O)c1ccc(Br)n1S(C)(=O)=O. The lowest BCUT2D eigenvalue weighted by Gasteiger charge is -2.04. The molecule has 0 aliphatic heterocycles. The van der Waals surface area contributed by atoms with Crippen molar-refractivity contribution in [2.24, 2.45) is 0 Å². The zero-order valence-electron chi connectivity index (χ0n) is 7.11. The maximum atomic E-state index is 11.2. The van der Waals surface area contributed by atoms with E-state index in [-0.39, 0.29) is 11.5 Å². The third-order valence-electron chi connectivity index (χ3n) is 1.48. The molecule has 0 spiro atoms. The average Bonchev–Trinajstić information content (AvgIpc) is 2.28. The molecule has 0 aliphatic rings. The average molecular weight is 266 g/mol. The number of rotatable bonds is 2. The summed E-state index contributed by atoms with van der Waals surface area (Å²) in [6, 6.07) is 2.99. The van der Waals surface area contributed by atoms with E-state index in [0.717, 1.165) is 10.2 Å². The van der Waals surface area contributed by atoms with E-state index in [9.17, 15) is 13.2 Å². The second-order valence-electron chi connectivity index (χ2n) is 2.62. The molecule has 1 heterocycles. The highest BCUT2D eigenvalue weighted by atomic mass is 79.9. The van der Waals surface area contributed by atoms with Crippen molar-refractivity contribution in [1.29, 1.82) is 0 Å². The Morgan fingerprint density at radius 3 is 2.31 bits per heavy atom. The van der Waals surface area contributed by atoms with Crippen LogP contribution in [0.5, 0.6) is 0 Å². The van der Waals surface area contributed by atoms with Crippen LogP contribution in [0.2, 0.25) is 0 Å². The fourth-order valence-electron chi connectivity index (χ4n) is 0.996. The lowest BCUT2D eigenvalue weighted by atomic mass is 10.3. The lowest BCUT2D eigenvalue weighted by Crippen LogP contribution is -2.15. The number of carbonyl (C=O) groups is 1. The zero-order valence-corrected chi connectivity index (χ0v) is 9.52. The maximum absolute atomic E-state index is 11.2. The Balaban J connectivity index is 3.51. The fraction of sp³-hybridized carbons (Fsp3) is 0.286. The summed E-state index contributed by atoms with van der Waals surface area (Å²) in [5.74, 6) is -0.281. The normalized spacial score (nSPS) is 11.6. The molecule has 1 rings (SSSR count). The van der Waals surface area contributed by atoms with Gasteiger partial charge in [0.05, 0.1) is 6.26 Å². The first kappa shape index (κ1) is 10.5. The van der Waals surface area contributed by atoms with Gasteiger partial charge in [0.15, 0.2) is 5.78 Å². The molecular formula is C7H8BrNO3S. The smallest absolute Gasteiger partial charge is 0.237 e. The molecule has 0 fully saturated rings. The van der Waals surface area contributed by atoms with Crippen LogP contribution in [0.25, 0.3) is 0 Å². The van der Waals surface area contributed by atoms with Crippen molar-refractivity contribution in [2.45, 2.75) is 6.92 Å². The van der Waals surface area contributed by atoms with Crippen LogP contribution in [0, 0.1) is 0 Å². The molecule has 0 aliphatic carbocycles. The summed E-state index contributed by atoms with van der Waals surface area (Å²) >= 11 is 3.05. The van der Waals surface area contributed by atoms with Crippen molar-refractivity contribution in [1.82, 2.24) is 3.97 Å². The number of nitrogens with zero attached hydrogens (tertiary/aromatic N) is 1. The monoisotopic (exact) mass is 265 g/mol. The molecule has 0 unspecified atom stereocenters. The van der Waals surface area contributed by atoms with Crippen LogP contribution in [0.3, 0.4) is 0 Å². The minimum atomic E-state index is -3.42. The van der Waals surface area contributed by atoms with Crippen molar-refractivity contribution in [2.75, 3.05) is 6.26 Å². The van der Waals surface area contributed by atoms with E-state index in [4.69, 9.17) is 0 Å². The summed E-state index contributed by atoms with van der Waals surface area (Å²) in [5, 5.41) is 0. The molecule has 6 heteroatoms. The van der Waals surface area contributed by atoms with Crippen molar-refractivity contribution in [3.8, 4) is 0 Å². The van der Waals surface area contributed by atoms with Gasteiger partial charge in [0.25, 0.3) is 0 Å². The number of ketones is 1. The summed E-state index contributed by atoms with van der Waals surface area (Å²) in [6.45, 7) is 1.32. The number of carbonyl (C=O) groups excluding carboxylic acids is 1. The fourth-order valence-corrected chi connectivity index (χ4v) is 3.03. The van der Waals surface area contributed by atoms with E-state index in [0.29, 0.717) is 4.60 Å². The first-order valence-corrected chi connectivity index (χ1v) is 6.07. The van der Waals surface area contributed by atoms with Crippen LogP contribution in [0.15, 0.2) is 16.7 Å². The standard InChI is InChI=1S/C7H8BrNO3S/c1-5(10)6-3-4-7(8)9(6)13(2,11)12/h3-4H,1-2H3. The van der Waals surface area contributed by atoms with E-state index >= 15 is 0 Å². The predicted octanol–water partition coefficient (Wildman–Crippen LogP) is 1.26. The molecule has 0 amide bonds. The van der Waals surface area contributed by atoms with E-state index in [1.807, 2.05) is 0 Å². The third-order valence-corrected chi connectivity index (χ3v) is 3.39. The molecule has 0 saturated carbocycles. The van der Waals surface area contributed by atoms with Gasteiger partial charge in [-0.3, -0.25) is 4.79 Å². The molecule has 72 valence electrons. The Hall–Kier alpha value is -0.620. The van der Waals surface area contributed by atoms with E-state index < -0.39 is 10.0 Å². The molecule has 0 radical (unpaired) electrons. The summed E-state index contributed by atoms with van der Waals surface area (Å²) in [7, 11) is -3.42. The van der Waals surface area contributed by atoms with Gasteiger partial charge in [-0.1, -0.05) is 0 Å². The Labute approximate surface area is 84.7 Å². The quantitative estimate of drug-likeness (QED) is 0.757. The molecule has 13 heavy (non-hydrogen) atoms. The van der Waals surface area contributed by atoms with Crippen molar-refractivity contribution in [3.63, 3.8) is 0 Å². The van der Waals surface area contributed by atoms with Gasteiger partial charge in [-0.2, -0.15) is 0 Å². The Morgan fingerprint density at radius 2 is 2.00 bits per heavy atom. The Kier molecular flexibility index (Phi) is 2.63. The number of halogens is 1. The third kappa shape index (κ3) is 2.00. The molecule has 1 aromatic rings. The molecule has 0 saturated heterocycles. The summed E-state index contributed by atoms with van der Waals surface area (Å²) < 4.78 is 23.8. The number of aromatic nitrogens is 1. The van der Waals surface area contributed by atoms with Gasteiger partial charge in [0.2, 0.25) is 10.0 Å². The Morgan fingerprint density at radius 1 is 1.46 bits per heavy atom. The van der Waals surface area contributed by atoms with Gasteiger partial charge in [-0.15, -0.1) is 0 Å². The number of hydrogen-bond acceptors (Lipinski definition) is 3. The largest absolute Gasteiger partial charge is 0.293 e. The highest BCUT2D eigenvalue weighted by Crippen LogP contribution is 2.18. The molecule has 0 bridgehead atoms. The predicted molar refractivity (Wildman–Crippen MR) is 52.4 cm³/mol. The summed E-state index contributed by atoms with van der Waals surface area (Å²) in [5.41, 5.74) is 0.161. The zero-order chi connectivity index (χ0) is 10.2. The Bertz CT molecular complexity index is 446. The molecule has 0 atom stereocenters. The van der Waals surface area contributed by atoms with Crippen molar-refractivity contribution >= 4 is 31.7 Å². The minimum absolute atomic E-state index is 0.161. The van der Waals surface area contributed by atoms with Gasteiger partial charge >= 0.3 is 0 Å². The molecule has 4 nitrogen and oxygen atoms in total. The molecular weight excluding hydrogens is 258 g/mol. The maximum Gasteiger partial charge on any atom is 0.237 e. The number of hydrogen-bond donors (Lipinski definition) is 0. The first-order chi connectivity index (χ1) is 5.84. The van der Waals surface area contributed by atoms with E-state index in [2.05, 4.69) is 15.9 Å². The highest BCUT2D eigenvalue weighted by Gasteiger charge is 2.17. The van der Waals surface area contributed by atoms with Gasteiger partial charge < -0.3 is 0 Å². The lowest BCUT2D eigenvalue weighted by molar-refractivity contribution is 0.101. The van der Waals surface area contributed by atoms with Crippen molar-refractivity contribution < 1.29 is 13.2 Å². The van der Waals surface area contributed by atoms with Crippen LogP contribution in [-0.4, -0.2) is 24.4 Å². The van der Waals surface area contributed by atoms with Crippen LogP contribution in [-0.2, 0) is 10.0 Å². The summed E-state index contributed by atoms with van der Waals surface area (Å²) in [4.78, 5) is 11.0. The minimum Gasteiger partial charge on any atom is -0.293 e. The summed E-state index contributed by atoms with van der Waals surface area (Å²) in [6.07, 6.45) is 1.05. The van der Waals surface area contributed by atoms with Crippen LogP contribution < -0.4 is 0 Å². The molecule has 1 aromatic heterocycles. The van der Waals surface area contributed by atoms with Gasteiger partial charge in [0, 0.05) is 6.92 Å². The van der Waals surface area contributed by atoms with Crippen LogP contribution in [0.4, 0.5) is 0 Å². The van der Waals surface area contributed by atoms with Crippen LogP contribution >= 0.6 is 15.9 Å². The van der Waals surface area contributed by atoms with Gasteiger partial charge in [-0.05, 0) is 28.1 Å². The van der Waals surface area contributed by atoms with Crippen LogP contribution in [0.1, 0.15) is 17.4 Å². The molecule has 0 aromatic carbocycles. The molecule has 0 N–H and O–H groups in total.